The molecule has 1 amide bonds. The summed E-state index contributed by atoms with van der Waals surface area (Å²) in [6.07, 6.45) is 4.85. The number of likely N-dealkylation sites (tertiary alicyclic amines) is 1. The number of nitrogens with zero attached hydrogens (tertiary/aromatic N) is 3. The summed E-state index contributed by atoms with van der Waals surface area (Å²) < 4.78 is 0. The molecule has 1 saturated heterocycles. The molecule has 1 aliphatic rings. The van der Waals surface area contributed by atoms with Crippen LogP contribution in [0.3, 0.4) is 0 Å². The van der Waals surface area contributed by atoms with E-state index in [9.17, 15) is 14.7 Å². The van der Waals surface area contributed by atoms with Crippen LogP contribution in [0.4, 0.5) is 0 Å². The van der Waals surface area contributed by atoms with Crippen molar-refractivity contribution in [1.82, 2.24) is 14.9 Å². The molecule has 3 aromatic rings. The molecule has 1 atom stereocenters. The predicted molar refractivity (Wildman–Crippen MR) is 108 cm³/mol. The van der Waals surface area contributed by atoms with Gasteiger partial charge in [-0.1, -0.05) is 23.7 Å². The molecule has 0 radical (unpaired) electrons. The zero-order chi connectivity index (χ0) is 20.4. The lowest BCUT2D eigenvalue weighted by molar-refractivity contribution is -0.140. The quantitative estimate of drug-likeness (QED) is 0.406. The molecule has 1 aromatic carbocycles. The van der Waals surface area contributed by atoms with Crippen molar-refractivity contribution >= 4 is 29.1 Å². The van der Waals surface area contributed by atoms with Crippen LogP contribution in [-0.4, -0.2) is 31.7 Å². The van der Waals surface area contributed by atoms with Crippen LogP contribution in [0.2, 0.25) is 5.02 Å². The van der Waals surface area contributed by atoms with Crippen molar-refractivity contribution in [2.45, 2.75) is 12.6 Å². The van der Waals surface area contributed by atoms with E-state index in [0.717, 1.165) is 5.56 Å². The lowest BCUT2D eigenvalue weighted by Crippen LogP contribution is -2.29. The number of aliphatic hydroxyl groups excluding tert-OH is 1. The van der Waals surface area contributed by atoms with Gasteiger partial charge in [0, 0.05) is 35.7 Å². The average molecular weight is 406 g/mol. The van der Waals surface area contributed by atoms with Crippen LogP contribution in [0.1, 0.15) is 22.9 Å². The van der Waals surface area contributed by atoms with Crippen molar-refractivity contribution in [2.24, 2.45) is 0 Å². The highest BCUT2D eigenvalue weighted by atomic mass is 35.5. The zero-order valence-electron chi connectivity index (χ0n) is 15.2. The van der Waals surface area contributed by atoms with Crippen molar-refractivity contribution in [2.75, 3.05) is 0 Å². The summed E-state index contributed by atoms with van der Waals surface area (Å²) in [6, 6.07) is 14.4. The van der Waals surface area contributed by atoms with E-state index in [4.69, 9.17) is 11.6 Å². The van der Waals surface area contributed by atoms with Crippen LogP contribution >= 0.6 is 11.6 Å². The van der Waals surface area contributed by atoms with Crippen LogP contribution in [-0.2, 0) is 16.1 Å². The number of carbonyl (C=O) groups excluding carboxylic acids is 2. The fourth-order valence-electron chi connectivity index (χ4n) is 3.34. The Hall–Kier alpha value is -3.51. The molecule has 0 saturated carbocycles. The van der Waals surface area contributed by atoms with Crippen molar-refractivity contribution in [1.29, 1.82) is 0 Å². The van der Waals surface area contributed by atoms with Crippen molar-refractivity contribution < 1.29 is 14.7 Å². The Morgan fingerprint density at radius 1 is 1.03 bits per heavy atom. The summed E-state index contributed by atoms with van der Waals surface area (Å²) >= 11 is 5.92. The number of rotatable bonds is 4. The molecule has 0 spiro atoms. The van der Waals surface area contributed by atoms with Gasteiger partial charge >= 0.3 is 0 Å². The Labute approximate surface area is 172 Å². The first-order valence-corrected chi connectivity index (χ1v) is 9.28. The number of benzene rings is 1. The van der Waals surface area contributed by atoms with Crippen LogP contribution in [0.15, 0.2) is 78.8 Å². The Morgan fingerprint density at radius 2 is 1.83 bits per heavy atom. The van der Waals surface area contributed by atoms with Gasteiger partial charge < -0.3 is 10.0 Å². The van der Waals surface area contributed by atoms with E-state index in [1.807, 2.05) is 6.07 Å². The maximum atomic E-state index is 12.9. The molecular weight excluding hydrogens is 390 g/mol. The summed E-state index contributed by atoms with van der Waals surface area (Å²) in [4.78, 5) is 35.6. The molecule has 0 bridgehead atoms. The summed E-state index contributed by atoms with van der Waals surface area (Å²) in [5.41, 5.74) is 1.66. The molecule has 144 valence electrons. The van der Waals surface area contributed by atoms with Gasteiger partial charge in [0.15, 0.2) is 0 Å². The molecule has 1 fully saturated rings. The van der Waals surface area contributed by atoms with Crippen molar-refractivity contribution in [3.8, 4) is 0 Å². The molecule has 1 N–H and O–H groups in total. The molecule has 29 heavy (non-hydrogen) atoms. The van der Waals surface area contributed by atoms with Gasteiger partial charge in [-0.2, -0.15) is 0 Å². The van der Waals surface area contributed by atoms with Gasteiger partial charge in [-0.25, -0.2) is 0 Å². The van der Waals surface area contributed by atoms with Crippen LogP contribution in [0.25, 0.3) is 5.76 Å². The molecule has 0 unspecified atom stereocenters. The topological polar surface area (TPSA) is 83.4 Å². The van der Waals surface area contributed by atoms with E-state index < -0.39 is 17.7 Å². The highest BCUT2D eigenvalue weighted by molar-refractivity contribution is 6.46. The minimum Gasteiger partial charge on any atom is -0.507 e. The van der Waals surface area contributed by atoms with E-state index in [1.165, 1.54) is 4.90 Å². The number of hydrogen-bond acceptors (Lipinski definition) is 5. The largest absolute Gasteiger partial charge is 0.507 e. The summed E-state index contributed by atoms with van der Waals surface area (Å²) in [5.74, 6) is -1.71. The third kappa shape index (κ3) is 3.62. The van der Waals surface area contributed by atoms with E-state index in [-0.39, 0.29) is 17.9 Å². The second-order valence-corrected chi connectivity index (χ2v) is 6.99. The van der Waals surface area contributed by atoms with E-state index in [0.29, 0.717) is 16.3 Å². The van der Waals surface area contributed by atoms with Gasteiger partial charge in [0.1, 0.15) is 11.8 Å². The van der Waals surface area contributed by atoms with Crippen LogP contribution in [0.5, 0.6) is 0 Å². The molecule has 7 heteroatoms. The van der Waals surface area contributed by atoms with Crippen molar-refractivity contribution in [3.63, 3.8) is 0 Å². The second-order valence-electron chi connectivity index (χ2n) is 6.55. The fraction of sp³-hybridized carbons (Fsp3) is 0.0909. The number of carbonyl (C=O) groups is 2. The first kappa shape index (κ1) is 18.8. The number of halogens is 1. The van der Waals surface area contributed by atoms with E-state index in [1.54, 1.807) is 67.1 Å². The second kappa shape index (κ2) is 7.85. The number of aromatic nitrogens is 2. The zero-order valence-corrected chi connectivity index (χ0v) is 16.0. The monoisotopic (exact) mass is 405 g/mol. The number of pyridine rings is 2. The van der Waals surface area contributed by atoms with Gasteiger partial charge in [-0.3, -0.25) is 19.6 Å². The number of hydrogen-bond donors (Lipinski definition) is 1. The average Bonchev–Trinajstić information content (AvgIpc) is 3.00. The molecule has 3 heterocycles. The highest BCUT2D eigenvalue weighted by Crippen LogP contribution is 2.39. The first-order valence-electron chi connectivity index (χ1n) is 8.90. The van der Waals surface area contributed by atoms with Gasteiger partial charge in [0.05, 0.1) is 11.3 Å². The highest BCUT2D eigenvalue weighted by Gasteiger charge is 2.46. The normalized spacial score (nSPS) is 18.2. The maximum Gasteiger partial charge on any atom is 0.296 e. The maximum absolute atomic E-state index is 12.9. The third-order valence-electron chi connectivity index (χ3n) is 4.70. The Kier molecular flexibility index (Phi) is 5.10. The van der Waals surface area contributed by atoms with E-state index in [2.05, 4.69) is 9.97 Å². The van der Waals surface area contributed by atoms with Gasteiger partial charge in [-0.05, 0) is 48.0 Å². The lowest BCUT2D eigenvalue weighted by atomic mass is 9.98. The SMILES string of the molecule is O=C1C(=O)N(Cc2cccnc2)[C@H](c2ccccn2)/C1=C(\O)c1ccc(Cl)cc1. The smallest absolute Gasteiger partial charge is 0.296 e. The van der Waals surface area contributed by atoms with Gasteiger partial charge in [0.25, 0.3) is 11.7 Å². The minimum atomic E-state index is -0.813. The molecule has 2 aromatic heterocycles. The van der Waals surface area contributed by atoms with Crippen LogP contribution < -0.4 is 0 Å². The minimum absolute atomic E-state index is 0.0000808. The Morgan fingerprint density at radius 3 is 2.48 bits per heavy atom. The molecule has 1 aliphatic heterocycles. The Bertz CT molecular complexity index is 1080. The molecule has 6 nitrogen and oxygen atoms in total. The summed E-state index contributed by atoms with van der Waals surface area (Å²) in [7, 11) is 0. The summed E-state index contributed by atoms with van der Waals surface area (Å²) in [5, 5.41) is 11.4. The van der Waals surface area contributed by atoms with Crippen molar-refractivity contribution in [3.05, 3.63) is 101 Å². The Balaban J connectivity index is 1.85. The number of aliphatic hydroxyl groups is 1. The van der Waals surface area contributed by atoms with Gasteiger partial charge in [0.2, 0.25) is 0 Å². The predicted octanol–water partition coefficient (Wildman–Crippen LogP) is 3.75. The molecule has 4 rings (SSSR count). The number of amides is 1. The third-order valence-corrected chi connectivity index (χ3v) is 4.95. The lowest BCUT2D eigenvalue weighted by Gasteiger charge is -2.24. The summed E-state index contributed by atoms with van der Waals surface area (Å²) in [6.45, 7) is 0.164. The van der Waals surface area contributed by atoms with Gasteiger partial charge in [-0.15, -0.1) is 0 Å². The molecular formula is C22H16ClN3O3. The number of Topliss-reactive ketones (excluding diaryl/α,β-unsaturated/α-hetero) is 1. The van der Waals surface area contributed by atoms with Crippen LogP contribution in [0, 0.1) is 0 Å². The molecule has 0 aliphatic carbocycles. The first-order chi connectivity index (χ1) is 14.1. The van der Waals surface area contributed by atoms with E-state index >= 15 is 0 Å². The fourth-order valence-corrected chi connectivity index (χ4v) is 3.47. The number of ketones is 1. The standard InChI is InChI=1S/C22H16ClN3O3/c23-16-8-6-15(7-9-16)20(27)18-19(17-5-1-2-11-25-17)26(22(29)21(18)28)13-14-4-3-10-24-12-14/h1-12,19,27H,13H2/b20-18+/t19-/m1/s1.